The summed E-state index contributed by atoms with van der Waals surface area (Å²) in [5.74, 6) is -4.44. The number of ether oxygens (including phenoxy) is 8. The van der Waals surface area contributed by atoms with Crippen molar-refractivity contribution in [2.45, 2.75) is 24.4 Å². The van der Waals surface area contributed by atoms with Crippen molar-refractivity contribution in [2.75, 3.05) is 14.2 Å². The molecule has 334 valence electrons. The van der Waals surface area contributed by atoms with Crippen LogP contribution in [0.25, 0.3) is 12.2 Å². The van der Waals surface area contributed by atoms with E-state index in [2.05, 4.69) is 9.47 Å². The monoisotopic (exact) mass is 890 g/mol. The molecule has 0 unspecified atom stereocenters. The predicted molar refractivity (Wildman–Crippen MR) is 238 cm³/mol. The van der Waals surface area contributed by atoms with E-state index in [0.29, 0.717) is 33.4 Å². The van der Waals surface area contributed by atoms with E-state index in [1.807, 2.05) is 0 Å². The van der Waals surface area contributed by atoms with Gasteiger partial charge in [-0.25, -0.2) is 28.8 Å². The number of methoxy groups -OCH3 is 2. The van der Waals surface area contributed by atoms with Crippen LogP contribution >= 0.6 is 0 Å². The average molecular weight is 891 g/mol. The Morgan fingerprint density at radius 2 is 0.667 bits per heavy atom. The lowest BCUT2D eigenvalue weighted by Crippen LogP contribution is -2.47. The van der Waals surface area contributed by atoms with Crippen LogP contribution in [-0.4, -0.2) is 62.6 Å². The van der Waals surface area contributed by atoms with Gasteiger partial charge in [0.05, 0.1) is 14.2 Å². The molecule has 0 spiro atoms. The van der Waals surface area contributed by atoms with Gasteiger partial charge in [-0.05, 0) is 69.8 Å². The lowest BCUT2D eigenvalue weighted by molar-refractivity contribution is -0.191. The maximum Gasteiger partial charge on any atom is 0.513 e. The zero-order valence-corrected chi connectivity index (χ0v) is 35.5. The minimum atomic E-state index is -2.25. The van der Waals surface area contributed by atoms with Crippen LogP contribution in [0.1, 0.15) is 45.6 Å². The summed E-state index contributed by atoms with van der Waals surface area (Å²) in [5.41, 5.74) is 3.05. The van der Waals surface area contributed by atoms with Crippen molar-refractivity contribution in [1.82, 2.24) is 0 Å². The first-order valence-corrected chi connectivity index (χ1v) is 20.2. The van der Waals surface area contributed by atoms with E-state index in [-0.39, 0.29) is 11.5 Å². The van der Waals surface area contributed by atoms with Gasteiger partial charge < -0.3 is 37.9 Å². The van der Waals surface area contributed by atoms with Gasteiger partial charge in [-0.15, -0.1) is 0 Å². The molecule has 66 heavy (non-hydrogen) atoms. The van der Waals surface area contributed by atoms with Crippen molar-refractivity contribution < 1.29 is 66.7 Å². The van der Waals surface area contributed by atoms with E-state index < -0.39 is 60.6 Å². The third-order valence-electron chi connectivity index (χ3n) is 9.42. The molecule has 6 aromatic rings. The van der Waals surface area contributed by atoms with E-state index in [0.717, 1.165) is 26.4 Å². The molecule has 0 radical (unpaired) electrons. The number of carbonyl (C=O) groups excluding carboxylic acids is 6. The summed E-state index contributed by atoms with van der Waals surface area (Å²) in [6.07, 6.45) is -3.87. The molecule has 6 aromatic carbocycles. The molecule has 14 nitrogen and oxygen atoms in total. The molecule has 0 saturated carbocycles. The summed E-state index contributed by atoms with van der Waals surface area (Å²) in [6, 6.07) is 46.8. The summed E-state index contributed by atoms with van der Waals surface area (Å²) in [5, 5.41) is 0. The third-order valence-corrected chi connectivity index (χ3v) is 9.42. The van der Waals surface area contributed by atoms with Gasteiger partial charge in [0, 0.05) is 12.2 Å². The van der Waals surface area contributed by atoms with Crippen LogP contribution in [0, 0.1) is 0 Å². The Bertz CT molecular complexity index is 2350. The molecule has 0 bridgehead atoms. The van der Waals surface area contributed by atoms with Gasteiger partial charge in [-0.1, -0.05) is 146 Å². The number of hydrogen-bond donors (Lipinski definition) is 0. The van der Waals surface area contributed by atoms with Gasteiger partial charge in [0.25, 0.3) is 0 Å². The zero-order valence-electron chi connectivity index (χ0n) is 35.5. The number of hydrogen-bond acceptors (Lipinski definition) is 14. The fourth-order valence-corrected chi connectivity index (χ4v) is 6.23. The molecule has 0 aliphatic carbocycles. The first-order valence-electron chi connectivity index (χ1n) is 20.2. The summed E-state index contributed by atoms with van der Waals surface area (Å²) in [4.78, 5) is 80.0. The topological polar surface area (TPSA) is 176 Å². The highest BCUT2D eigenvalue weighted by Gasteiger charge is 2.44. The normalized spacial score (nSPS) is 11.9. The van der Waals surface area contributed by atoms with E-state index in [1.54, 1.807) is 121 Å². The van der Waals surface area contributed by atoms with Crippen LogP contribution in [0.15, 0.2) is 182 Å². The molecule has 0 aliphatic heterocycles. The first-order chi connectivity index (χ1) is 32.1. The fraction of sp³-hybridized carbons (Fsp3) is 0.115. The van der Waals surface area contributed by atoms with Crippen LogP contribution in [0.2, 0.25) is 0 Å². The lowest BCUT2D eigenvalue weighted by atomic mass is 10.0. The Morgan fingerprint density at radius 3 is 0.939 bits per heavy atom. The largest absolute Gasteiger partial charge is 0.513 e. The van der Waals surface area contributed by atoms with Crippen LogP contribution in [0.4, 0.5) is 9.59 Å². The summed E-state index contributed by atoms with van der Waals surface area (Å²) >= 11 is 0. The number of carbonyl (C=O) groups is 6. The molecular formula is C52H42O14. The second-order valence-corrected chi connectivity index (χ2v) is 13.9. The van der Waals surface area contributed by atoms with Crippen LogP contribution in [-0.2, 0) is 47.6 Å². The second-order valence-electron chi connectivity index (χ2n) is 13.9. The smallest absolute Gasteiger partial charge is 0.450 e. The zero-order chi connectivity index (χ0) is 46.7. The fourth-order valence-electron chi connectivity index (χ4n) is 6.23. The molecule has 0 amide bonds. The predicted octanol–water partition coefficient (Wildman–Crippen LogP) is 9.19. The SMILES string of the molecule is COC(=O)Oc1ccc(/C=C/C(=O)O[C@@H](C(=O)OC(c2ccccc2)c2ccccc2)[C@@H](OC(=O)/C=C/c2ccc(OC(=O)OC)cc2)C(=O)OC(c2ccccc2)c2ccccc2)cc1. The summed E-state index contributed by atoms with van der Waals surface area (Å²) in [7, 11) is 2.33. The Kier molecular flexibility index (Phi) is 16.7. The van der Waals surface area contributed by atoms with Crippen molar-refractivity contribution in [2.24, 2.45) is 0 Å². The average Bonchev–Trinajstić information content (AvgIpc) is 3.36. The Labute approximate surface area is 379 Å². The maximum absolute atomic E-state index is 14.7. The van der Waals surface area contributed by atoms with Crippen LogP contribution < -0.4 is 9.47 Å². The standard InChI is InChI=1S/C52H42O14/c1-59-51(57)61-41-29-23-35(24-30-41)27-33-43(53)63-47(49(55)65-45(37-15-7-3-8-16-37)38-17-9-4-10-18-38)48(64-44(54)34-28-36-25-31-42(32-26-36)62-52(58)60-2)50(56)66-46(39-19-11-5-12-20-39)40-21-13-6-14-22-40/h3-34,45-48H,1-2H3/b33-27+,34-28+/t47-,48-/m1/s1. The van der Waals surface area contributed by atoms with E-state index >= 15 is 0 Å². The van der Waals surface area contributed by atoms with Gasteiger partial charge in [0.2, 0.25) is 12.2 Å². The molecule has 0 fully saturated rings. The number of rotatable bonds is 17. The molecule has 0 N–H and O–H groups in total. The summed E-state index contributed by atoms with van der Waals surface area (Å²) < 4.78 is 42.8. The van der Waals surface area contributed by atoms with Crippen molar-refractivity contribution in [1.29, 1.82) is 0 Å². The number of esters is 4. The molecule has 2 atom stereocenters. The van der Waals surface area contributed by atoms with E-state index in [1.165, 1.54) is 60.7 Å². The van der Waals surface area contributed by atoms with Gasteiger partial charge in [0.15, 0.2) is 12.2 Å². The molecule has 0 heterocycles. The van der Waals surface area contributed by atoms with Gasteiger partial charge in [-0.3, -0.25) is 0 Å². The first kappa shape index (κ1) is 46.7. The Morgan fingerprint density at radius 1 is 0.379 bits per heavy atom. The second kappa shape index (κ2) is 23.6. The Balaban J connectivity index is 1.38. The van der Waals surface area contributed by atoms with E-state index in [9.17, 15) is 28.8 Å². The van der Waals surface area contributed by atoms with E-state index in [4.69, 9.17) is 28.4 Å². The van der Waals surface area contributed by atoms with Crippen LogP contribution in [0.5, 0.6) is 11.5 Å². The van der Waals surface area contributed by atoms with Crippen LogP contribution in [0.3, 0.4) is 0 Å². The van der Waals surface area contributed by atoms with Crippen molar-refractivity contribution in [3.63, 3.8) is 0 Å². The molecular weight excluding hydrogens is 849 g/mol. The third kappa shape index (κ3) is 13.6. The highest BCUT2D eigenvalue weighted by molar-refractivity contribution is 5.95. The molecule has 0 saturated heterocycles. The van der Waals surface area contributed by atoms with Gasteiger partial charge in [-0.2, -0.15) is 0 Å². The summed E-state index contributed by atoms with van der Waals surface area (Å²) in [6.45, 7) is 0. The molecule has 14 heteroatoms. The molecule has 6 rings (SSSR count). The van der Waals surface area contributed by atoms with Gasteiger partial charge in [0.1, 0.15) is 11.5 Å². The quantitative estimate of drug-likeness (QED) is 0.0367. The number of benzene rings is 6. The highest BCUT2D eigenvalue weighted by Crippen LogP contribution is 2.30. The lowest BCUT2D eigenvalue weighted by Gasteiger charge is -2.28. The van der Waals surface area contributed by atoms with Crippen molar-refractivity contribution >= 4 is 48.3 Å². The molecule has 0 aromatic heterocycles. The Hall–Kier alpha value is -8.78. The highest BCUT2D eigenvalue weighted by atomic mass is 16.7. The minimum Gasteiger partial charge on any atom is -0.450 e. The van der Waals surface area contributed by atoms with Gasteiger partial charge >= 0.3 is 36.2 Å². The minimum absolute atomic E-state index is 0.168. The van der Waals surface area contributed by atoms with Crippen molar-refractivity contribution in [3.8, 4) is 11.5 Å². The molecule has 0 aliphatic rings. The maximum atomic E-state index is 14.7. The van der Waals surface area contributed by atoms with Crippen molar-refractivity contribution in [3.05, 3.63) is 215 Å².